The summed E-state index contributed by atoms with van der Waals surface area (Å²) in [5.74, 6) is -2.88. The summed E-state index contributed by atoms with van der Waals surface area (Å²) < 4.78 is 30.3. The third-order valence-electron chi connectivity index (χ3n) is 14.6. The molecule has 3 heterocycles. The Morgan fingerprint density at radius 3 is 2.16 bits per heavy atom. The molecule has 0 spiro atoms. The molecular weight excluding hydrogens is 1050 g/mol. The summed E-state index contributed by atoms with van der Waals surface area (Å²) in [6.45, 7) is 23.5. The highest BCUT2D eigenvalue weighted by Crippen LogP contribution is 2.39. The lowest BCUT2D eigenvalue weighted by atomic mass is 9.77. The number of likely N-dealkylation sites (N-methyl/N-ethyl adjacent to an activating group) is 1. The first kappa shape index (κ1) is 63.8. The van der Waals surface area contributed by atoms with E-state index in [0.29, 0.717) is 47.7 Å². The predicted molar refractivity (Wildman–Crippen MR) is 306 cm³/mol. The number of nitrogen functional groups attached to an aromatic ring is 1. The molecule has 1 aliphatic heterocycles. The molecule has 1 fully saturated rings. The summed E-state index contributed by atoms with van der Waals surface area (Å²) >= 11 is 0. The third-order valence-corrected chi connectivity index (χ3v) is 14.6. The Morgan fingerprint density at radius 2 is 1.54 bits per heavy atom. The summed E-state index contributed by atoms with van der Waals surface area (Å²) in [6, 6.07) is 13.1. The summed E-state index contributed by atoms with van der Waals surface area (Å²) in [5, 5.41) is 19.5. The molecule has 2 aromatic heterocycles. The summed E-state index contributed by atoms with van der Waals surface area (Å²) in [6.07, 6.45) is 2.19. The van der Waals surface area contributed by atoms with Gasteiger partial charge in [-0.1, -0.05) is 82.3 Å². The molecule has 4 aromatic rings. The fraction of sp³-hybridized carbons (Fsp3) is 0.559. The van der Waals surface area contributed by atoms with Gasteiger partial charge in [0.1, 0.15) is 6.10 Å². The van der Waals surface area contributed by atoms with E-state index >= 15 is 0 Å². The number of carbonyl (C=O) groups excluding carboxylic acids is 6. The molecule has 23 heteroatoms. The summed E-state index contributed by atoms with van der Waals surface area (Å²) in [4.78, 5) is 95.6. The molecule has 0 saturated heterocycles. The number of fused-ring (bicyclic) bond motifs is 5. The number of rotatable bonds is 28. The largest absolute Gasteiger partial charge is 0.467 e. The molecule has 0 radical (unpaired) electrons. The Bertz CT molecular complexity index is 2870. The number of nitrogens with one attached hydrogen (secondary N) is 5. The number of ether oxygens (including phenoxy) is 5. The normalized spacial score (nSPS) is 18.0. The molecule has 444 valence electrons. The van der Waals surface area contributed by atoms with E-state index in [0.717, 1.165) is 11.1 Å². The zero-order chi connectivity index (χ0) is 59.5. The smallest absolute Gasteiger partial charge is 0.305 e. The number of amides is 5. The highest BCUT2D eigenvalue weighted by molar-refractivity contribution is 5.97. The monoisotopic (exact) mass is 1130 g/mol. The first-order valence-electron chi connectivity index (χ1n) is 28.1. The second-order valence-electron chi connectivity index (χ2n) is 21.8. The molecule has 2 aromatic carbocycles. The van der Waals surface area contributed by atoms with E-state index < -0.39 is 41.5 Å². The molecule has 82 heavy (non-hydrogen) atoms. The van der Waals surface area contributed by atoms with Gasteiger partial charge in [-0.15, -0.1) is 0 Å². The number of nitrogens with two attached hydrogens (primary N) is 1. The number of carbonyl (C=O) groups is 6. The second kappa shape index (κ2) is 30.6. The maximum atomic E-state index is 14.4. The van der Waals surface area contributed by atoms with Gasteiger partial charge in [-0.2, -0.15) is 4.68 Å². The van der Waals surface area contributed by atoms with E-state index in [1.807, 2.05) is 77.1 Å². The van der Waals surface area contributed by atoms with Crippen LogP contribution in [0.15, 0.2) is 54.7 Å². The summed E-state index contributed by atoms with van der Waals surface area (Å²) in [5.41, 5.74) is 9.76. The van der Waals surface area contributed by atoms with Crippen LogP contribution in [0, 0.1) is 30.7 Å². The molecule has 1 saturated carbocycles. The number of aromatic nitrogens is 4. The van der Waals surface area contributed by atoms with Gasteiger partial charge in [0.25, 0.3) is 11.8 Å². The SMILES string of the molecule is [C-]#[N+]c1nn(CCNC(=O)CCOCCOCCOCCOCCC(=O)NC2CC(C(=O)[C@@H](NC(=O)[C@H](C)NC)C(C)(C)C)[C@H](C(=O)N[C@H](CC)c3ccccc3)C2)c2c1-c1cnc(N)c(n1)O[C@H](C)c1cc(C)ccc1C(=O)N(C)C2. The van der Waals surface area contributed by atoms with E-state index in [4.69, 9.17) is 36.0 Å². The van der Waals surface area contributed by atoms with Crippen LogP contribution in [0.5, 0.6) is 5.88 Å². The van der Waals surface area contributed by atoms with Crippen molar-refractivity contribution in [2.75, 3.05) is 79.2 Å². The van der Waals surface area contributed by atoms with Gasteiger partial charge >= 0.3 is 5.82 Å². The van der Waals surface area contributed by atoms with Crippen LogP contribution in [0.1, 0.15) is 119 Å². The average Bonchev–Trinajstić information content (AvgIpc) is 4.27. The predicted octanol–water partition coefficient (Wildman–Crippen LogP) is 4.96. The number of hydrogen-bond donors (Lipinski definition) is 6. The lowest BCUT2D eigenvalue weighted by molar-refractivity contribution is -0.137. The number of anilines is 1. The van der Waals surface area contributed by atoms with E-state index in [2.05, 4.69) is 46.5 Å². The molecule has 23 nitrogen and oxygen atoms in total. The van der Waals surface area contributed by atoms with Crippen molar-refractivity contribution < 1.29 is 52.5 Å². The minimum Gasteiger partial charge on any atom is -0.467 e. The van der Waals surface area contributed by atoms with Gasteiger partial charge in [0.2, 0.25) is 23.6 Å². The lowest BCUT2D eigenvalue weighted by Crippen LogP contribution is -2.55. The van der Waals surface area contributed by atoms with Crippen molar-refractivity contribution in [3.63, 3.8) is 0 Å². The molecule has 2 bridgehead atoms. The maximum absolute atomic E-state index is 14.4. The topological polar surface area (TPSA) is 286 Å². The van der Waals surface area contributed by atoms with Crippen molar-refractivity contribution in [1.82, 2.24) is 51.2 Å². The Balaban J connectivity index is 0.865. The zero-order valence-electron chi connectivity index (χ0n) is 48.8. The molecule has 6 rings (SSSR count). The Kier molecular flexibility index (Phi) is 23.8. The number of aryl methyl sites for hydroxylation is 1. The first-order valence-corrected chi connectivity index (χ1v) is 28.1. The summed E-state index contributed by atoms with van der Waals surface area (Å²) in [7, 11) is 3.34. The number of Topliss-reactive ketones (excluding diaryl/α,β-unsaturated/α-hetero) is 1. The van der Waals surface area contributed by atoms with Crippen molar-refractivity contribution in [2.24, 2.45) is 17.3 Å². The van der Waals surface area contributed by atoms with Crippen LogP contribution in [-0.2, 0) is 56.0 Å². The number of nitrogens with zero attached hydrogens (tertiary/aromatic N) is 6. The van der Waals surface area contributed by atoms with Crippen molar-refractivity contribution in [2.45, 2.75) is 124 Å². The Morgan fingerprint density at radius 1 is 0.902 bits per heavy atom. The van der Waals surface area contributed by atoms with Crippen LogP contribution in [0.2, 0.25) is 0 Å². The van der Waals surface area contributed by atoms with Crippen LogP contribution >= 0.6 is 0 Å². The molecule has 7 atom stereocenters. The van der Waals surface area contributed by atoms with Gasteiger partial charge < -0.3 is 65.7 Å². The van der Waals surface area contributed by atoms with Gasteiger partial charge in [-0.05, 0) is 69.2 Å². The van der Waals surface area contributed by atoms with E-state index in [1.54, 1.807) is 43.6 Å². The zero-order valence-corrected chi connectivity index (χ0v) is 48.8. The lowest BCUT2D eigenvalue weighted by Gasteiger charge is -2.34. The second-order valence-corrected chi connectivity index (χ2v) is 21.8. The molecular formula is C59H82N12O11. The van der Waals surface area contributed by atoms with E-state index in [1.165, 1.54) is 6.20 Å². The van der Waals surface area contributed by atoms with Crippen molar-refractivity contribution >= 4 is 47.0 Å². The highest BCUT2D eigenvalue weighted by Gasteiger charge is 2.48. The highest BCUT2D eigenvalue weighted by atomic mass is 16.6. The maximum Gasteiger partial charge on any atom is 0.305 e. The van der Waals surface area contributed by atoms with Crippen molar-refractivity contribution in [1.29, 1.82) is 0 Å². The first-order chi connectivity index (χ1) is 39.2. The van der Waals surface area contributed by atoms with Gasteiger partial charge in [-0.25, -0.2) is 9.97 Å². The van der Waals surface area contributed by atoms with Gasteiger partial charge in [0.05, 0.1) is 107 Å². The van der Waals surface area contributed by atoms with Crippen LogP contribution < -0.4 is 37.1 Å². The standard InChI is InChI=1S/C59H82N12O11/c1-11-45(39-15-13-12-14-16-39)66-56(76)44-33-40(32-43(44)51(74)52(59(5,6)7)68-55(75)37(3)61-8)65-49(73)20-24-79-26-28-81-30-29-80-27-25-78-23-19-48(72)63-21-22-71-47-35-70(10)58(77)41-18-17-36(2)31-42(41)38(4)82-57-53(60)64-34-46(67-57)50(47)54(62-9)69-71/h12-18,31,34,37-38,40,43-45,52,61H,11,19-30,32-33,35H2,1-8,10H3,(H2,60,64)(H,63,72)(H,65,73)(H,66,76)(H,68,75)/t37-,38+,40?,43?,44+,45+,52+/m0/s1. The van der Waals surface area contributed by atoms with Crippen LogP contribution in [0.3, 0.4) is 0 Å². The van der Waals surface area contributed by atoms with Crippen LogP contribution in [0.25, 0.3) is 16.1 Å². The number of ketones is 1. The van der Waals surface area contributed by atoms with E-state index in [9.17, 15) is 28.8 Å². The van der Waals surface area contributed by atoms with Crippen molar-refractivity contribution in [3.8, 4) is 17.1 Å². The Labute approximate surface area is 480 Å². The number of hydrogen-bond acceptors (Lipinski definition) is 16. The molecule has 2 unspecified atom stereocenters. The minimum absolute atomic E-state index is 0.0473. The molecule has 7 N–H and O–H groups in total. The Hall–Kier alpha value is -7.36. The fourth-order valence-electron chi connectivity index (χ4n) is 9.96. The van der Waals surface area contributed by atoms with Gasteiger partial charge in [0.15, 0.2) is 11.6 Å². The van der Waals surface area contributed by atoms with Crippen LogP contribution in [-0.4, -0.2) is 152 Å². The molecule has 5 amide bonds. The van der Waals surface area contributed by atoms with Gasteiger partial charge in [0, 0.05) is 55.4 Å². The molecule has 2 aliphatic rings. The average molecular weight is 1140 g/mol. The minimum atomic E-state index is -0.861. The molecule has 1 aliphatic carbocycles. The van der Waals surface area contributed by atoms with Gasteiger partial charge in [-0.3, -0.25) is 28.8 Å². The third kappa shape index (κ3) is 17.6. The fourth-order valence-corrected chi connectivity index (χ4v) is 9.96. The van der Waals surface area contributed by atoms with Crippen molar-refractivity contribution in [3.05, 3.63) is 94.1 Å². The van der Waals surface area contributed by atoms with E-state index in [-0.39, 0.29) is 144 Å². The quantitative estimate of drug-likeness (QED) is 0.0324. The number of benzene rings is 2. The van der Waals surface area contributed by atoms with Crippen LogP contribution in [0.4, 0.5) is 11.6 Å².